The number of carbonyl (C=O) groups is 1. The molecule has 0 saturated heterocycles. The molecular weight excluding hydrogens is 340 g/mol. The van der Waals surface area contributed by atoms with E-state index in [9.17, 15) is 13.6 Å². The smallest absolute Gasteiger partial charge is 0.387 e. The van der Waals surface area contributed by atoms with E-state index in [2.05, 4.69) is 17.0 Å². The molecule has 138 valence electrons. The first-order chi connectivity index (χ1) is 12.5. The Morgan fingerprint density at radius 1 is 1.12 bits per heavy atom. The zero-order valence-corrected chi connectivity index (χ0v) is 14.7. The third-order valence-electron chi connectivity index (χ3n) is 3.73. The van der Waals surface area contributed by atoms with Gasteiger partial charge in [0, 0.05) is 12.6 Å². The van der Waals surface area contributed by atoms with Crippen molar-refractivity contribution in [3.63, 3.8) is 0 Å². The fourth-order valence-electron chi connectivity index (χ4n) is 2.30. The van der Waals surface area contributed by atoms with Crippen LogP contribution in [0.25, 0.3) is 6.08 Å². The molecule has 0 heterocycles. The van der Waals surface area contributed by atoms with Crippen molar-refractivity contribution in [2.45, 2.75) is 26.5 Å². The van der Waals surface area contributed by atoms with Crippen LogP contribution >= 0.6 is 0 Å². The number of methoxy groups -OCH3 is 1. The number of benzene rings is 2. The minimum Gasteiger partial charge on any atom is -0.493 e. The molecule has 0 radical (unpaired) electrons. The summed E-state index contributed by atoms with van der Waals surface area (Å²) in [5.41, 5.74) is 2.88. The molecule has 2 aromatic rings. The van der Waals surface area contributed by atoms with Crippen LogP contribution in [-0.2, 0) is 17.8 Å². The number of carbonyl (C=O) groups excluding carboxylic acids is 1. The summed E-state index contributed by atoms with van der Waals surface area (Å²) in [5.74, 6) is -0.118. The first-order valence-corrected chi connectivity index (χ1v) is 8.18. The average molecular weight is 361 g/mol. The van der Waals surface area contributed by atoms with Crippen LogP contribution in [-0.4, -0.2) is 19.6 Å². The molecule has 0 aliphatic rings. The van der Waals surface area contributed by atoms with Crippen molar-refractivity contribution in [1.82, 2.24) is 5.32 Å². The zero-order valence-electron chi connectivity index (χ0n) is 14.7. The van der Waals surface area contributed by atoms with Gasteiger partial charge in [0.1, 0.15) is 0 Å². The first-order valence-electron chi connectivity index (χ1n) is 8.18. The molecule has 0 aliphatic carbocycles. The molecule has 0 atom stereocenters. The van der Waals surface area contributed by atoms with Crippen molar-refractivity contribution < 1.29 is 23.0 Å². The number of amides is 1. The van der Waals surface area contributed by atoms with Crippen LogP contribution < -0.4 is 14.8 Å². The molecule has 0 aliphatic heterocycles. The molecule has 0 unspecified atom stereocenters. The third-order valence-corrected chi connectivity index (χ3v) is 3.73. The van der Waals surface area contributed by atoms with Crippen molar-refractivity contribution in [2.24, 2.45) is 0 Å². The molecule has 1 N–H and O–H groups in total. The first kappa shape index (κ1) is 19.4. The molecule has 2 rings (SSSR count). The fraction of sp³-hybridized carbons (Fsp3) is 0.250. The Morgan fingerprint density at radius 3 is 2.42 bits per heavy atom. The van der Waals surface area contributed by atoms with Gasteiger partial charge < -0.3 is 14.8 Å². The van der Waals surface area contributed by atoms with Gasteiger partial charge in [0.15, 0.2) is 11.5 Å². The fourth-order valence-corrected chi connectivity index (χ4v) is 2.30. The Bertz CT molecular complexity index is 758. The highest BCUT2D eigenvalue weighted by atomic mass is 19.3. The van der Waals surface area contributed by atoms with Gasteiger partial charge in [-0.1, -0.05) is 37.3 Å². The van der Waals surface area contributed by atoms with Crippen molar-refractivity contribution >= 4 is 12.0 Å². The Kier molecular flexibility index (Phi) is 7.14. The van der Waals surface area contributed by atoms with E-state index < -0.39 is 6.61 Å². The summed E-state index contributed by atoms with van der Waals surface area (Å²) in [6.07, 6.45) is 4.15. The normalized spacial score (nSPS) is 11.0. The van der Waals surface area contributed by atoms with E-state index in [4.69, 9.17) is 4.74 Å². The minimum absolute atomic E-state index is 0.0481. The van der Waals surface area contributed by atoms with E-state index in [0.717, 1.165) is 12.0 Å². The Hall–Kier alpha value is -2.89. The Balaban J connectivity index is 1.92. The number of rotatable bonds is 8. The Labute approximate surface area is 151 Å². The lowest BCUT2D eigenvalue weighted by Crippen LogP contribution is -2.20. The number of ether oxygens (including phenoxy) is 2. The van der Waals surface area contributed by atoms with Gasteiger partial charge in [0.25, 0.3) is 0 Å². The lowest BCUT2D eigenvalue weighted by Gasteiger charge is -2.11. The quantitative estimate of drug-likeness (QED) is 0.717. The van der Waals surface area contributed by atoms with E-state index in [1.807, 2.05) is 24.3 Å². The molecule has 0 aromatic heterocycles. The highest BCUT2D eigenvalue weighted by molar-refractivity contribution is 5.91. The maximum absolute atomic E-state index is 12.3. The number of hydrogen-bond donors (Lipinski definition) is 1. The van der Waals surface area contributed by atoms with Gasteiger partial charge in [0.05, 0.1) is 7.11 Å². The molecule has 0 bridgehead atoms. The van der Waals surface area contributed by atoms with Crippen LogP contribution in [0.15, 0.2) is 48.5 Å². The number of hydrogen-bond acceptors (Lipinski definition) is 3. The second-order valence-electron chi connectivity index (χ2n) is 5.51. The van der Waals surface area contributed by atoms with Crippen molar-refractivity contribution in [2.75, 3.05) is 7.11 Å². The monoisotopic (exact) mass is 361 g/mol. The maximum Gasteiger partial charge on any atom is 0.387 e. The van der Waals surface area contributed by atoms with E-state index in [0.29, 0.717) is 5.56 Å². The molecule has 26 heavy (non-hydrogen) atoms. The highest BCUT2D eigenvalue weighted by Crippen LogP contribution is 2.29. The van der Waals surface area contributed by atoms with Crippen LogP contribution in [0.5, 0.6) is 11.5 Å². The van der Waals surface area contributed by atoms with Crippen LogP contribution in [0.4, 0.5) is 8.78 Å². The van der Waals surface area contributed by atoms with Crippen molar-refractivity contribution in [3.8, 4) is 11.5 Å². The van der Waals surface area contributed by atoms with E-state index in [-0.39, 0.29) is 24.0 Å². The molecule has 0 spiro atoms. The lowest BCUT2D eigenvalue weighted by molar-refractivity contribution is -0.116. The maximum atomic E-state index is 12.3. The SMILES string of the molecule is CCc1ccc(/C=C/C(=O)NCc2ccc(OC(F)F)c(OC)c2)cc1. The summed E-state index contributed by atoms with van der Waals surface area (Å²) in [7, 11) is 1.36. The van der Waals surface area contributed by atoms with Crippen LogP contribution in [0.1, 0.15) is 23.6 Å². The molecule has 4 nitrogen and oxygen atoms in total. The van der Waals surface area contributed by atoms with Gasteiger partial charge in [-0.05, 0) is 41.3 Å². The topological polar surface area (TPSA) is 47.6 Å². The molecule has 0 fully saturated rings. The van der Waals surface area contributed by atoms with Crippen molar-refractivity contribution in [3.05, 3.63) is 65.2 Å². The summed E-state index contributed by atoms with van der Waals surface area (Å²) in [4.78, 5) is 11.9. The van der Waals surface area contributed by atoms with Gasteiger partial charge in [-0.3, -0.25) is 4.79 Å². The summed E-state index contributed by atoms with van der Waals surface area (Å²) >= 11 is 0. The molecule has 1 amide bonds. The standard InChI is InChI=1S/C20H21F2NO3/c1-3-14-4-6-15(7-5-14)9-11-19(24)23-13-16-8-10-17(26-20(21)22)18(12-16)25-2/h4-12,20H,3,13H2,1-2H3,(H,23,24)/b11-9+. The lowest BCUT2D eigenvalue weighted by atomic mass is 10.1. The predicted octanol–water partition coefficient (Wildman–Crippen LogP) is 4.19. The van der Waals surface area contributed by atoms with Crippen LogP contribution in [0, 0.1) is 0 Å². The second-order valence-corrected chi connectivity index (χ2v) is 5.51. The largest absolute Gasteiger partial charge is 0.493 e. The van der Waals surface area contributed by atoms with Gasteiger partial charge in [-0.2, -0.15) is 8.78 Å². The molecule has 6 heteroatoms. The molecule has 0 saturated carbocycles. The minimum atomic E-state index is -2.93. The van der Waals surface area contributed by atoms with Crippen LogP contribution in [0.2, 0.25) is 0 Å². The second kappa shape index (κ2) is 9.56. The third kappa shape index (κ3) is 5.88. The summed E-state index contributed by atoms with van der Waals surface area (Å²) in [6, 6.07) is 12.5. The summed E-state index contributed by atoms with van der Waals surface area (Å²) < 4.78 is 34.0. The van der Waals surface area contributed by atoms with E-state index >= 15 is 0 Å². The Morgan fingerprint density at radius 2 is 1.81 bits per heavy atom. The number of alkyl halides is 2. The van der Waals surface area contributed by atoms with Crippen molar-refractivity contribution in [1.29, 1.82) is 0 Å². The number of aryl methyl sites for hydroxylation is 1. The zero-order chi connectivity index (χ0) is 18.9. The number of nitrogens with one attached hydrogen (secondary N) is 1. The van der Waals surface area contributed by atoms with E-state index in [1.165, 1.54) is 24.8 Å². The summed E-state index contributed by atoms with van der Waals surface area (Å²) in [6.45, 7) is -0.603. The highest BCUT2D eigenvalue weighted by Gasteiger charge is 2.11. The van der Waals surface area contributed by atoms with Gasteiger partial charge in [0.2, 0.25) is 5.91 Å². The van der Waals surface area contributed by atoms with E-state index in [1.54, 1.807) is 18.2 Å². The van der Waals surface area contributed by atoms with Crippen LogP contribution in [0.3, 0.4) is 0 Å². The van der Waals surface area contributed by atoms with Gasteiger partial charge in [-0.25, -0.2) is 0 Å². The molecular formula is C20H21F2NO3. The number of halogens is 2. The van der Waals surface area contributed by atoms with Gasteiger partial charge in [-0.15, -0.1) is 0 Å². The molecule has 2 aromatic carbocycles. The van der Waals surface area contributed by atoms with Gasteiger partial charge >= 0.3 is 6.61 Å². The average Bonchev–Trinajstić information content (AvgIpc) is 2.65. The summed E-state index contributed by atoms with van der Waals surface area (Å²) in [5, 5.41) is 2.73. The predicted molar refractivity (Wildman–Crippen MR) is 96.3 cm³/mol.